The van der Waals surface area contributed by atoms with Gasteiger partial charge in [0.2, 0.25) is 0 Å². The summed E-state index contributed by atoms with van der Waals surface area (Å²) in [5.74, 6) is 0. The maximum absolute atomic E-state index is 2.45. The molecule has 11 aromatic carbocycles. The molecule has 0 amide bonds. The lowest BCUT2D eigenvalue weighted by atomic mass is 9.87. The quantitative estimate of drug-likeness (QED) is 0.141. The van der Waals surface area contributed by atoms with E-state index < -0.39 is 0 Å². The first-order valence-corrected chi connectivity index (χ1v) is 21.7. The Hall–Kier alpha value is -8.26. The molecule has 11 rings (SSSR count). The molecule has 296 valence electrons. The molecule has 0 heterocycles. The molecule has 0 N–H and O–H groups in total. The summed E-state index contributed by atoms with van der Waals surface area (Å²) < 4.78 is 0. The Bertz CT molecular complexity index is 3360. The Kier molecular flexibility index (Phi) is 9.97. The van der Waals surface area contributed by atoms with Crippen LogP contribution in [0, 0.1) is 0 Å². The second kappa shape index (κ2) is 16.7. The third-order valence-electron chi connectivity index (χ3n) is 12.3. The van der Waals surface area contributed by atoms with Gasteiger partial charge in [-0.25, -0.2) is 0 Å². The molecule has 0 saturated heterocycles. The third kappa shape index (κ3) is 7.37. The second-order valence-corrected chi connectivity index (χ2v) is 16.1. The molecule has 0 unspecified atom stereocenters. The van der Waals surface area contributed by atoms with Gasteiger partial charge in [-0.3, -0.25) is 0 Å². The average molecular weight is 802 g/mol. The van der Waals surface area contributed by atoms with Crippen molar-refractivity contribution in [3.05, 3.63) is 261 Å². The normalized spacial score (nSPS) is 11.2. The van der Waals surface area contributed by atoms with Crippen molar-refractivity contribution in [2.75, 3.05) is 4.90 Å². The number of rotatable bonds is 9. The minimum atomic E-state index is 1.07. The molecule has 0 aliphatic carbocycles. The molecule has 0 aliphatic rings. The molecule has 0 saturated carbocycles. The fraction of sp³-hybridized carbons (Fsp3) is 0. The van der Waals surface area contributed by atoms with Gasteiger partial charge >= 0.3 is 0 Å². The zero-order valence-corrected chi connectivity index (χ0v) is 34.8. The molecule has 0 radical (unpaired) electrons. The van der Waals surface area contributed by atoms with Crippen molar-refractivity contribution in [2.24, 2.45) is 0 Å². The molecule has 11 aromatic rings. The highest BCUT2D eigenvalue weighted by atomic mass is 15.1. The fourth-order valence-corrected chi connectivity index (χ4v) is 9.18. The SMILES string of the molecule is c1ccc(-c2ccccc2-c2c(-c3ccccc3)cccc2N(c2ccc(-c3ccc(-c4cccc5ccccc45)cc3)cc2)c2cccc(-c3ccc4ccccc4c3)c2)cc1. The lowest BCUT2D eigenvalue weighted by Gasteiger charge is -2.30. The molecule has 1 nitrogen and oxygen atoms in total. The van der Waals surface area contributed by atoms with E-state index in [1.54, 1.807) is 0 Å². The number of hydrogen-bond acceptors (Lipinski definition) is 1. The molecule has 0 spiro atoms. The standard InChI is InChI=1S/C62H43N/c1-3-17-47(18-4-1)58-27-11-12-28-60(58)62-59(49-19-5-2-6-20-49)30-15-31-61(62)63(55-25-13-24-52(43-55)53-37-34-44-16-7-8-22-51(44)42-53)54-40-38-46(39-41-54)45-32-35-50(36-33-45)57-29-14-23-48-21-9-10-26-56(48)57/h1-43H. The van der Waals surface area contributed by atoms with Gasteiger partial charge in [-0.1, -0.05) is 224 Å². The van der Waals surface area contributed by atoms with Crippen LogP contribution in [0.4, 0.5) is 17.1 Å². The summed E-state index contributed by atoms with van der Waals surface area (Å²) in [7, 11) is 0. The minimum absolute atomic E-state index is 1.07. The summed E-state index contributed by atoms with van der Waals surface area (Å²) in [6.45, 7) is 0. The van der Waals surface area contributed by atoms with Crippen LogP contribution in [-0.2, 0) is 0 Å². The van der Waals surface area contributed by atoms with E-state index in [-0.39, 0.29) is 0 Å². The smallest absolute Gasteiger partial charge is 0.0546 e. The van der Waals surface area contributed by atoms with E-state index in [1.807, 2.05) is 0 Å². The van der Waals surface area contributed by atoms with E-state index in [1.165, 1.54) is 82.7 Å². The van der Waals surface area contributed by atoms with Crippen LogP contribution >= 0.6 is 0 Å². The van der Waals surface area contributed by atoms with E-state index in [0.29, 0.717) is 0 Å². The predicted octanol–water partition coefficient (Wildman–Crippen LogP) is 17.5. The molecule has 63 heavy (non-hydrogen) atoms. The second-order valence-electron chi connectivity index (χ2n) is 16.1. The van der Waals surface area contributed by atoms with Crippen LogP contribution < -0.4 is 4.90 Å². The lowest BCUT2D eigenvalue weighted by molar-refractivity contribution is 1.28. The van der Waals surface area contributed by atoms with Crippen molar-refractivity contribution < 1.29 is 0 Å². The van der Waals surface area contributed by atoms with Gasteiger partial charge in [-0.2, -0.15) is 0 Å². The Morgan fingerprint density at radius 3 is 1.46 bits per heavy atom. The molecular weight excluding hydrogens is 759 g/mol. The van der Waals surface area contributed by atoms with Crippen LogP contribution in [-0.4, -0.2) is 0 Å². The van der Waals surface area contributed by atoms with E-state index in [0.717, 1.165) is 22.6 Å². The summed E-state index contributed by atoms with van der Waals surface area (Å²) in [6, 6.07) is 94.7. The number of fused-ring (bicyclic) bond motifs is 2. The average Bonchev–Trinajstić information content (AvgIpc) is 3.37. The lowest BCUT2D eigenvalue weighted by Crippen LogP contribution is -2.12. The first kappa shape index (κ1) is 37.7. The van der Waals surface area contributed by atoms with Crippen molar-refractivity contribution >= 4 is 38.6 Å². The third-order valence-corrected chi connectivity index (χ3v) is 12.3. The van der Waals surface area contributed by atoms with Gasteiger partial charge in [0.25, 0.3) is 0 Å². The van der Waals surface area contributed by atoms with Crippen LogP contribution in [0.3, 0.4) is 0 Å². The topological polar surface area (TPSA) is 3.24 Å². The van der Waals surface area contributed by atoms with Crippen LogP contribution in [0.1, 0.15) is 0 Å². The Morgan fingerprint density at radius 2 is 0.698 bits per heavy atom. The number of nitrogens with zero attached hydrogens (tertiary/aromatic N) is 1. The molecular formula is C62H43N. The number of hydrogen-bond donors (Lipinski definition) is 0. The van der Waals surface area contributed by atoms with Gasteiger partial charge in [-0.15, -0.1) is 0 Å². The molecule has 1 heteroatoms. The van der Waals surface area contributed by atoms with Gasteiger partial charge in [0.05, 0.1) is 5.69 Å². The minimum Gasteiger partial charge on any atom is -0.310 e. The van der Waals surface area contributed by atoms with Crippen molar-refractivity contribution in [3.63, 3.8) is 0 Å². The van der Waals surface area contributed by atoms with Gasteiger partial charge in [0.15, 0.2) is 0 Å². The fourth-order valence-electron chi connectivity index (χ4n) is 9.18. The van der Waals surface area contributed by atoms with E-state index in [9.17, 15) is 0 Å². The molecule has 0 bridgehead atoms. The molecule has 0 atom stereocenters. The molecule has 0 fully saturated rings. The zero-order valence-electron chi connectivity index (χ0n) is 34.8. The maximum Gasteiger partial charge on any atom is 0.0546 e. The monoisotopic (exact) mass is 801 g/mol. The van der Waals surface area contributed by atoms with Crippen molar-refractivity contribution in [2.45, 2.75) is 0 Å². The highest BCUT2D eigenvalue weighted by Crippen LogP contribution is 2.48. The highest BCUT2D eigenvalue weighted by Gasteiger charge is 2.23. The van der Waals surface area contributed by atoms with E-state index >= 15 is 0 Å². The van der Waals surface area contributed by atoms with Crippen LogP contribution in [0.25, 0.3) is 88.3 Å². The largest absolute Gasteiger partial charge is 0.310 e. The van der Waals surface area contributed by atoms with E-state index in [2.05, 4.69) is 266 Å². The maximum atomic E-state index is 2.45. The van der Waals surface area contributed by atoms with E-state index in [4.69, 9.17) is 0 Å². The number of anilines is 3. The summed E-state index contributed by atoms with van der Waals surface area (Å²) in [5, 5.41) is 4.99. The van der Waals surface area contributed by atoms with Crippen LogP contribution in [0.15, 0.2) is 261 Å². The molecule has 0 aliphatic heterocycles. The first-order chi connectivity index (χ1) is 31.2. The zero-order chi connectivity index (χ0) is 42.0. The summed E-state index contributed by atoms with van der Waals surface area (Å²) >= 11 is 0. The predicted molar refractivity (Wildman–Crippen MR) is 269 cm³/mol. The summed E-state index contributed by atoms with van der Waals surface area (Å²) in [6.07, 6.45) is 0. The Balaban J connectivity index is 1.08. The van der Waals surface area contributed by atoms with Crippen molar-refractivity contribution in [3.8, 4) is 66.8 Å². The van der Waals surface area contributed by atoms with Gasteiger partial charge in [-0.05, 0) is 119 Å². The summed E-state index contributed by atoms with van der Waals surface area (Å²) in [5.41, 5.74) is 17.5. The van der Waals surface area contributed by atoms with Crippen LogP contribution in [0.2, 0.25) is 0 Å². The Labute approximate surface area is 369 Å². The Morgan fingerprint density at radius 1 is 0.222 bits per heavy atom. The summed E-state index contributed by atoms with van der Waals surface area (Å²) in [4.78, 5) is 2.45. The van der Waals surface area contributed by atoms with Crippen LogP contribution in [0.5, 0.6) is 0 Å². The van der Waals surface area contributed by atoms with Gasteiger partial charge < -0.3 is 4.90 Å². The number of benzene rings is 11. The van der Waals surface area contributed by atoms with Crippen molar-refractivity contribution in [1.82, 2.24) is 0 Å². The first-order valence-electron chi connectivity index (χ1n) is 21.7. The highest BCUT2D eigenvalue weighted by molar-refractivity contribution is 6.02. The molecule has 0 aromatic heterocycles. The van der Waals surface area contributed by atoms with Crippen molar-refractivity contribution in [1.29, 1.82) is 0 Å². The van der Waals surface area contributed by atoms with Gasteiger partial charge in [0, 0.05) is 16.9 Å². The van der Waals surface area contributed by atoms with Gasteiger partial charge in [0.1, 0.15) is 0 Å².